The van der Waals surface area contributed by atoms with Crippen LogP contribution in [0.4, 0.5) is 5.69 Å². The van der Waals surface area contributed by atoms with E-state index in [2.05, 4.69) is 10.6 Å². The van der Waals surface area contributed by atoms with Crippen LogP contribution in [0.2, 0.25) is 0 Å². The van der Waals surface area contributed by atoms with E-state index < -0.39 is 9.84 Å². The summed E-state index contributed by atoms with van der Waals surface area (Å²) < 4.78 is 23.8. The Kier molecular flexibility index (Phi) is 5.43. The van der Waals surface area contributed by atoms with Crippen molar-refractivity contribution in [2.45, 2.75) is 43.5 Å². The summed E-state index contributed by atoms with van der Waals surface area (Å²) in [7, 11) is -3.10. The summed E-state index contributed by atoms with van der Waals surface area (Å²) >= 11 is 0. The third-order valence-electron chi connectivity index (χ3n) is 3.67. The average Bonchev–Trinajstić information content (AvgIpc) is 2.92. The predicted molar refractivity (Wildman–Crippen MR) is 82.9 cm³/mol. The lowest BCUT2D eigenvalue weighted by molar-refractivity contribution is 0.574. The highest BCUT2D eigenvalue weighted by atomic mass is 32.2. The van der Waals surface area contributed by atoms with Crippen LogP contribution in [0.3, 0.4) is 0 Å². The third-order valence-corrected chi connectivity index (χ3v) is 5.61. The number of hydrogen-bond donors (Lipinski definition) is 2. The second-order valence-electron chi connectivity index (χ2n) is 5.35. The smallest absolute Gasteiger partial charge is 0.178 e. The van der Waals surface area contributed by atoms with Gasteiger partial charge in [0.1, 0.15) is 0 Å². The topological polar surface area (TPSA) is 58.2 Å². The fourth-order valence-corrected chi connectivity index (χ4v) is 3.88. The lowest BCUT2D eigenvalue weighted by Crippen LogP contribution is -2.24. The van der Waals surface area contributed by atoms with E-state index in [1.54, 1.807) is 12.1 Å². The molecule has 2 N–H and O–H groups in total. The molecule has 0 radical (unpaired) electrons. The minimum atomic E-state index is -3.10. The molecule has 1 saturated heterocycles. The Bertz CT molecular complexity index is 505. The van der Waals surface area contributed by atoms with Crippen molar-refractivity contribution in [3.05, 3.63) is 24.3 Å². The maximum Gasteiger partial charge on any atom is 0.178 e. The van der Waals surface area contributed by atoms with Crippen molar-refractivity contribution in [1.29, 1.82) is 0 Å². The van der Waals surface area contributed by atoms with Crippen molar-refractivity contribution < 1.29 is 8.42 Å². The predicted octanol–water partition coefficient (Wildman–Crippen LogP) is 2.42. The zero-order valence-corrected chi connectivity index (χ0v) is 12.9. The lowest BCUT2D eigenvalue weighted by atomic mass is 10.1. The molecule has 1 heterocycles. The minimum Gasteiger partial charge on any atom is -0.385 e. The summed E-state index contributed by atoms with van der Waals surface area (Å²) in [5.41, 5.74) is 0.985. The molecule has 1 unspecified atom stereocenters. The average molecular weight is 296 g/mol. The van der Waals surface area contributed by atoms with Gasteiger partial charge in [0.25, 0.3) is 0 Å². The maximum absolute atomic E-state index is 11.9. The highest BCUT2D eigenvalue weighted by Gasteiger charge is 2.14. The SMILES string of the molecule is CCCS(=O)(=O)c1ccc(NCCC2CCCN2)cc1. The number of hydrogen-bond acceptors (Lipinski definition) is 4. The normalized spacial score (nSPS) is 19.1. The van der Waals surface area contributed by atoms with E-state index >= 15 is 0 Å². The first-order valence-corrected chi connectivity index (χ1v) is 9.07. The van der Waals surface area contributed by atoms with Crippen molar-refractivity contribution in [1.82, 2.24) is 5.32 Å². The van der Waals surface area contributed by atoms with Crippen molar-refractivity contribution in [2.75, 3.05) is 24.2 Å². The van der Waals surface area contributed by atoms with Crippen LogP contribution in [0, 0.1) is 0 Å². The van der Waals surface area contributed by atoms with Gasteiger partial charge in [0.2, 0.25) is 0 Å². The van der Waals surface area contributed by atoms with Gasteiger partial charge in [0, 0.05) is 18.3 Å². The highest BCUT2D eigenvalue weighted by Crippen LogP contribution is 2.16. The van der Waals surface area contributed by atoms with E-state index in [4.69, 9.17) is 0 Å². The molecule has 0 aliphatic carbocycles. The van der Waals surface area contributed by atoms with Crippen molar-refractivity contribution in [3.63, 3.8) is 0 Å². The molecule has 112 valence electrons. The van der Waals surface area contributed by atoms with Gasteiger partial charge in [-0.1, -0.05) is 6.92 Å². The first kappa shape index (κ1) is 15.3. The molecule has 0 saturated carbocycles. The summed E-state index contributed by atoms with van der Waals surface area (Å²) in [4.78, 5) is 0.419. The summed E-state index contributed by atoms with van der Waals surface area (Å²) in [6.07, 6.45) is 4.29. The van der Waals surface area contributed by atoms with Gasteiger partial charge in [0.05, 0.1) is 10.6 Å². The maximum atomic E-state index is 11.9. The van der Waals surface area contributed by atoms with Gasteiger partial charge in [-0.3, -0.25) is 0 Å². The Morgan fingerprint density at radius 2 is 2.05 bits per heavy atom. The number of benzene rings is 1. The number of nitrogens with one attached hydrogen (secondary N) is 2. The summed E-state index contributed by atoms with van der Waals surface area (Å²) in [6, 6.07) is 7.73. The molecule has 1 aromatic rings. The number of sulfone groups is 1. The van der Waals surface area contributed by atoms with Crippen LogP contribution in [0.1, 0.15) is 32.6 Å². The molecule has 1 aliphatic rings. The molecule has 0 bridgehead atoms. The largest absolute Gasteiger partial charge is 0.385 e. The van der Waals surface area contributed by atoms with E-state index in [1.165, 1.54) is 12.8 Å². The quantitative estimate of drug-likeness (QED) is 0.811. The van der Waals surface area contributed by atoms with Crippen LogP contribution in [0.25, 0.3) is 0 Å². The molecule has 2 rings (SSSR count). The number of anilines is 1. The Morgan fingerprint density at radius 3 is 2.65 bits per heavy atom. The Balaban J connectivity index is 1.85. The van der Waals surface area contributed by atoms with Gasteiger partial charge >= 0.3 is 0 Å². The lowest BCUT2D eigenvalue weighted by Gasteiger charge is -2.12. The van der Waals surface area contributed by atoms with E-state index in [9.17, 15) is 8.42 Å². The van der Waals surface area contributed by atoms with Crippen molar-refractivity contribution in [3.8, 4) is 0 Å². The second-order valence-corrected chi connectivity index (χ2v) is 7.46. The molecular weight excluding hydrogens is 272 g/mol. The van der Waals surface area contributed by atoms with Gasteiger partial charge in [-0.25, -0.2) is 8.42 Å². The van der Waals surface area contributed by atoms with Gasteiger partial charge in [-0.2, -0.15) is 0 Å². The van der Waals surface area contributed by atoms with Crippen LogP contribution >= 0.6 is 0 Å². The molecule has 0 aromatic heterocycles. The van der Waals surface area contributed by atoms with Crippen LogP contribution in [0.15, 0.2) is 29.2 Å². The van der Waals surface area contributed by atoms with E-state index in [1.807, 2.05) is 19.1 Å². The molecule has 1 fully saturated rings. The second kappa shape index (κ2) is 7.09. The Labute approximate surface area is 121 Å². The van der Waals surface area contributed by atoms with Crippen LogP contribution in [0.5, 0.6) is 0 Å². The summed E-state index contributed by atoms with van der Waals surface area (Å²) in [5.74, 6) is 0.215. The third kappa shape index (κ3) is 4.21. The first-order chi connectivity index (χ1) is 9.62. The van der Waals surface area contributed by atoms with E-state index in [-0.39, 0.29) is 5.75 Å². The van der Waals surface area contributed by atoms with Gasteiger partial charge < -0.3 is 10.6 Å². The Hall–Kier alpha value is -1.07. The number of rotatable bonds is 7. The highest BCUT2D eigenvalue weighted by molar-refractivity contribution is 7.91. The molecule has 4 nitrogen and oxygen atoms in total. The standard InChI is InChI=1S/C15H24N2O2S/c1-2-12-20(18,19)15-7-5-14(6-8-15)17-11-9-13-4-3-10-16-13/h5-8,13,16-17H,2-4,9-12H2,1H3. The van der Waals surface area contributed by atoms with Gasteiger partial charge in [-0.15, -0.1) is 0 Å². The molecule has 20 heavy (non-hydrogen) atoms. The van der Waals surface area contributed by atoms with Gasteiger partial charge in [-0.05, 0) is 56.5 Å². The summed E-state index contributed by atoms with van der Waals surface area (Å²) in [5, 5.41) is 6.81. The molecule has 1 aliphatic heterocycles. The van der Waals surface area contributed by atoms with Crippen LogP contribution in [-0.4, -0.2) is 33.3 Å². The van der Waals surface area contributed by atoms with E-state index in [0.29, 0.717) is 17.4 Å². The van der Waals surface area contributed by atoms with Crippen molar-refractivity contribution in [2.24, 2.45) is 0 Å². The fraction of sp³-hybridized carbons (Fsp3) is 0.600. The molecule has 1 aromatic carbocycles. The zero-order valence-electron chi connectivity index (χ0n) is 12.1. The van der Waals surface area contributed by atoms with Crippen LogP contribution in [-0.2, 0) is 9.84 Å². The van der Waals surface area contributed by atoms with Gasteiger partial charge in [0.15, 0.2) is 9.84 Å². The molecular formula is C15H24N2O2S. The molecule has 5 heteroatoms. The zero-order chi connectivity index (χ0) is 14.4. The summed E-state index contributed by atoms with van der Waals surface area (Å²) in [6.45, 7) is 3.93. The van der Waals surface area contributed by atoms with Crippen LogP contribution < -0.4 is 10.6 Å². The Morgan fingerprint density at radius 1 is 1.30 bits per heavy atom. The minimum absolute atomic E-state index is 0.215. The molecule has 1 atom stereocenters. The van der Waals surface area contributed by atoms with Crippen molar-refractivity contribution >= 4 is 15.5 Å². The van der Waals surface area contributed by atoms with E-state index in [0.717, 1.165) is 25.2 Å². The molecule has 0 spiro atoms. The monoisotopic (exact) mass is 296 g/mol. The first-order valence-electron chi connectivity index (χ1n) is 7.42. The molecule has 0 amide bonds. The fourth-order valence-electron chi connectivity index (χ4n) is 2.56.